The van der Waals surface area contributed by atoms with Crippen molar-refractivity contribution in [3.05, 3.63) is 96.0 Å². The van der Waals surface area contributed by atoms with Crippen molar-refractivity contribution in [1.29, 1.82) is 0 Å². The molecule has 28 heavy (non-hydrogen) atoms. The molecule has 0 aliphatic heterocycles. The van der Waals surface area contributed by atoms with Gasteiger partial charge in [0.15, 0.2) is 0 Å². The van der Waals surface area contributed by atoms with Crippen molar-refractivity contribution in [2.75, 3.05) is 5.32 Å². The average Bonchev–Trinajstić information content (AvgIpc) is 3.15. The lowest BCUT2D eigenvalue weighted by molar-refractivity contribution is 0.102. The molecule has 0 spiro atoms. The molecule has 2 aromatic heterocycles. The number of aromatic amines is 1. The van der Waals surface area contributed by atoms with Gasteiger partial charge in [0.05, 0.1) is 16.9 Å². The van der Waals surface area contributed by atoms with Gasteiger partial charge in [0.25, 0.3) is 5.91 Å². The summed E-state index contributed by atoms with van der Waals surface area (Å²) >= 11 is 0. The molecule has 4 aromatic rings. The topological polar surface area (TPSA) is 70.7 Å². The van der Waals surface area contributed by atoms with Gasteiger partial charge in [-0.05, 0) is 48.0 Å². The van der Waals surface area contributed by atoms with E-state index in [0.29, 0.717) is 11.3 Å². The van der Waals surface area contributed by atoms with Gasteiger partial charge >= 0.3 is 0 Å². The number of anilines is 1. The Balaban J connectivity index is 1.62. The number of nitrogens with one attached hydrogen (secondary N) is 2. The first-order valence-corrected chi connectivity index (χ1v) is 8.83. The Morgan fingerprint density at radius 2 is 1.93 bits per heavy atom. The summed E-state index contributed by atoms with van der Waals surface area (Å²) in [6, 6.07) is 16.8. The fraction of sp³-hybridized carbons (Fsp3) is 0. The summed E-state index contributed by atoms with van der Waals surface area (Å²) in [6.45, 7) is 3.81. The highest BCUT2D eigenvalue weighted by Crippen LogP contribution is 2.22. The van der Waals surface area contributed by atoms with Crippen LogP contribution in [0.4, 0.5) is 5.69 Å². The van der Waals surface area contributed by atoms with E-state index in [2.05, 4.69) is 27.1 Å². The van der Waals surface area contributed by atoms with E-state index in [-0.39, 0.29) is 5.91 Å². The van der Waals surface area contributed by atoms with Gasteiger partial charge in [-0.25, -0.2) is 0 Å². The van der Waals surface area contributed by atoms with Crippen LogP contribution < -0.4 is 5.32 Å². The number of hydrogen-bond acceptors (Lipinski definition) is 3. The smallest absolute Gasteiger partial charge is 0.255 e. The molecule has 0 atom stereocenters. The van der Waals surface area contributed by atoms with Crippen LogP contribution in [-0.2, 0) is 0 Å². The number of nitrogens with zero attached hydrogens (tertiary/aromatic N) is 2. The van der Waals surface area contributed by atoms with Crippen LogP contribution in [0.25, 0.3) is 29.1 Å². The van der Waals surface area contributed by atoms with E-state index in [1.165, 1.54) is 0 Å². The summed E-state index contributed by atoms with van der Waals surface area (Å²) in [4.78, 5) is 16.6. The van der Waals surface area contributed by atoms with Gasteiger partial charge in [0, 0.05) is 28.9 Å². The number of carbonyl (C=O) groups is 1. The lowest BCUT2D eigenvalue weighted by Gasteiger charge is -2.08. The summed E-state index contributed by atoms with van der Waals surface area (Å²) in [5, 5.41) is 11.3. The number of H-pyrrole nitrogens is 1. The van der Waals surface area contributed by atoms with Crippen LogP contribution in [0, 0.1) is 0 Å². The average molecular weight is 366 g/mol. The summed E-state index contributed by atoms with van der Waals surface area (Å²) in [5.41, 5.74) is 4.88. The van der Waals surface area contributed by atoms with Crippen molar-refractivity contribution in [3.8, 4) is 0 Å². The minimum atomic E-state index is -0.163. The van der Waals surface area contributed by atoms with Crippen LogP contribution in [0.3, 0.4) is 0 Å². The van der Waals surface area contributed by atoms with Gasteiger partial charge in [-0.2, -0.15) is 5.10 Å². The summed E-state index contributed by atoms with van der Waals surface area (Å²) in [6.07, 6.45) is 9.00. The van der Waals surface area contributed by atoms with Gasteiger partial charge in [-0.1, -0.05) is 36.9 Å². The molecule has 1 amide bonds. The van der Waals surface area contributed by atoms with Crippen molar-refractivity contribution in [2.24, 2.45) is 0 Å². The fourth-order valence-corrected chi connectivity index (χ4v) is 2.91. The second kappa shape index (κ2) is 7.72. The third-order valence-corrected chi connectivity index (χ3v) is 4.41. The van der Waals surface area contributed by atoms with Crippen molar-refractivity contribution < 1.29 is 4.79 Å². The zero-order valence-corrected chi connectivity index (χ0v) is 15.1. The molecule has 2 aromatic carbocycles. The molecule has 5 nitrogen and oxygen atoms in total. The quantitative estimate of drug-likeness (QED) is 0.521. The van der Waals surface area contributed by atoms with Crippen LogP contribution in [0.2, 0.25) is 0 Å². The fourth-order valence-electron chi connectivity index (χ4n) is 2.91. The van der Waals surface area contributed by atoms with E-state index in [1.807, 2.05) is 48.6 Å². The molecule has 0 saturated heterocycles. The Hall–Kier alpha value is -3.99. The molecule has 0 aliphatic rings. The van der Waals surface area contributed by atoms with Gasteiger partial charge in [0.2, 0.25) is 0 Å². The van der Waals surface area contributed by atoms with Crippen LogP contribution in [0.1, 0.15) is 27.2 Å². The monoisotopic (exact) mass is 366 g/mol. The lowest BCUT2D eigenvalue weighted by Crippen LogP contribution is -2.12. The molecule has 0 bridgehead atoms. The lowest BCUT2D eigenvalue weighted by atomic mass is 10.1. The summed E-state index contributed by atoms with van der Waals surface area (Å²) in [5.74, 6) is -0.163. The number of carbonyl (C=O) groups excluding carboxylic acids is 1. The molecular weight excluding hydrogens is 348 g/mol. The Bertz CT molecular complexity index is 1180. The van der Waals surface area contributed by atoms with Gasteiger partial charge in [0.1, 0.15) is 0 Å². The normalized spacial score (nSPS) is 11.0. The number of rotatable bonds is 5. The molecule has 5 heteroatoms. The van der Waals surface area contributed by atoms with E-state index in [9.17, 15) is 4.79 Å². The first-order valence-electron chi connectivity index (χ1n) is 8.83. The number of amides is 1. The van der Waals surface area contributed by atoms with Gasteiger partial charge in [-0.15, -0.1) is 0 Å². The van der Waals surface area contributed by atoms with Crippen LogP contribution in [0.5, 0.6) is 0 Å². The van der Waals surface area contributed by atoms with Crippen LogP contribution >= 0.6 is 0 Å². The van der Waals surface area contributed by atoms with Crippen LogP contribution in [0.15, 0.2) is 73.6 Å². The number of aromatic nitrogens is 3. The van der Waals surface area contributed by atoms with Crippen molar-refractivity contribution in [1.82, 2.24) is 15.2 Å². The first-order chi connectivity index (χ1) is 13.7. The molecule has 0 saturated carbocycles. The second-order valence-electron chi connectivity index (χ2n) is 6.23. The summed E-state index contributed by atoms with van der Waals surface area (Å²) in [7, 11) is 0. The molecule has 136 valence electrons. The third kappa shape index (κ3) is 3.59. The number of fused-ring (bicyclic) bond motifs is 1. The predicted octanol–water partition coefficient (Wildman–Crippen LogP) is 5.02. The van der Waals surface area contributed by atoms with Crippen molar-refractivity contribution >= 4 is 40.7 Å². The Morgan fingerprint density at radius 3 is 2.75 bits per heavy atom. The van der Waals surface area contributed by atoms with E-state index < -0.39 is 0 Å². The zero-order chi connectivity index (χ0) is 19.3. The van der Waals surface area contributed by atoms with Crippen molar-refractivity contribution in [2.45, 2.75) is 0 Å². The highest BCUT2D eigenvalue weighted by atomic mass is 16.1. The predicted molar refractivity (Wildman–Crippen MR) is 114 cm³/mol. The third-order valence-electron chi connectivity index (χ3n) is 4.41. The largest absolute Gasteiger partial charge is 0.321 e. The minimum Gasteiger partial charge on any atom is -0.321 e. The Labute approximate surface area is 162 Å². The zero-order valence-electron chi connectivity index (χ0n) is 15.1. The number of benzene rings is 2. The maximum Gasteiger partial charge on any atom is 0.255 e. The maximum absolute atomic E-state index is 12.5. The molecule has 2 N–H and O–H groups in total. The summed E-state index contributed by atoms with van der Waals surface area (Å²) < 4.78 is 0. The molecule has 0 fully saturated rings. The standard InChI is InChI=1S/C23H18N4O/c1-2-16-8-10-21-19(14-16)22(27-26-21)11-9-18-15-24-13-12-20(18)25-23(28)17-6-4-3-5-7-17/h2-15H,1H2,(H,26,27)(H,24,25,28). The molecule has 4 rings (SSSR count). The minimum absolute atomic E-state index is 0.163. The number of pyridine rings is 1. The SMILES string of the molecule is C=Cc1ccc2n[nH]c(C=Cc3cnccc3NC(=O)c3ccccc3)c2c1. The Kier molecular flexibility index (Phi) is 4.80. The van der Waals surface area contributed by atoms with E-state index in [0.717, 1.165) is 27.7 Å². The van der Waals surface area contributed by atoms with Crippen LogP contribution in [-0.4, -0.2) is 21.1 Å². The molecule has 0 aliphatic carbocycles. The van der Waals surface area contributed by atoms with Gasteiger partial charge in [-0.3, -0.25) is 14.9 Å². The maximum atomic E-state index is 12.5. The highest BCUT2D eigenvalue weighted by Gasteiger charge is 2.08. The second-order valence-corrected chi connectivity index (χ2v) is 6.23. The van der Waals surface area contributed by atoms with E-state index in [1.54, 1.807) is 36.7 Å². The number of hydrogen-bond donors (Lipinski definition) is 2. The van der Waals surface area contributed by atoms with E-state index >= 15 is 0 Å². The molecular formula is C23H18N4O. The Morgan fingerprint density at radius 1 is 1.07 bits per heavy atom. The van der Waals surface area contributed by atoms with E-state index in [4.69, 9.17) is 0 Å². The van der Waals surface area contributed by atoms with Crippen molar-refractivity contribution in [3.63, 3.8) is 0 Å². The highest BCUT2D eigenvalue weighted by molar-refractivity contribution is 6.05. The first kappa shape index (κ1) is 17.4. The molecule has 0 unspecified atom stereocenters. The molecule has 0 radical (unpaired) electrons. The molecule has 2 heterocycles. The van der Waals surface area contributed by atoms with Gasteiger partial charge < -0.3 is 5.32 Å².